The number of fused-ring (bicyclic) bond motifs is 1. The Hall–Kier alpha value is -2.53. The molecule has 128 valence electrons. The summed E-state index contributed by atoms with van der Waals surface area (Å²) in [6, 6.07) is 15.5. The van der Waals surface area contributed by atoms with E-state index in [0.29, 0.717) is 5.56 Å². The fraction of sp³-hybridized carbons (Fsp3) is 0.200. The van der Waals surface area contributed by atoms with Gasteiger partial charge in [-0.25, -0.2) is 9.78 Å². The highest BCUT2D eigenvalue weighted by molar-refractivity contribution is 7.98. The number of nitrogens with zero attached hydrogens (tertiary/aromatic N) is 1. The normalized spacial score (nSPS) is 10.7. The number of hydrogen-bond acceptors (Lipinski definition) is 5. The van der Waals surface area contributed by atoms with Gasteiger partial charge in [-0.1, -0.05) is 24.3 Å². The number of benzene rings is 2. The number of methoxy groups -OCH3 is 2. The molecule has 3 rings (SSSR count). The van der Waals surface area contributed by atoms with Crippen molar-refractivity contribution < 1.29 is 14.3 Å². The zero-order valence-corrected chi connectivity index (χ0v) is 15.2. The summed E-state index contributed by atoms with van der Waals surface area (Å²) in [6.07, 6.45) is 0. The SMILES string of the molecule is COC(=O)c1ccc(CSc2cc(C)c3cccc(OC)c3n2)cc1. The van der Waals surface area contributed by atoms with Gasteiger partial charge in [0.2, 0.25) is 0 Å². The van der Waals surface area contributed by atoms with Gasteiger partial charge in [-0.3, -0.25) is 0 Å². The van der Waals surface area contributed by atoms with Gasteiger partial charge >= 0.3 is 5.97 Å². The average Bonchev–Trinajstić information content (AvgIpc) is 2.65. The van der Waals surface area contributed by atoms with Crippen molar-refractivity contribution in [1.82, 2.24) is 4.98 Å². The lowest BCUT2D eigenvalue weighted by Gasteiger charge is -2.09. The number of para-hydroxylation sites is 1. The second kappa shape index (κ2) is 7.57. The molecule has 0 saturated heterocycles. The van der Waals surface area contributed by atoms with Crippen LogP contribution in [0.1, 0.15) is 21.5 Å². The van der Waals surface area contributed by atoms with Gasteiger partial charge in [-0.2, -0.15) is 0 Å². The highest BCUT2D eigenvalue weighted by Crippen LogP contribution is 2.30. The summed E-state index contributed by atoms with van der Waals surface area (Å²) in [6.45, 7) is 2.08. The summed E-state index contributed by atoms with van der Waals surface area (Å²) >= 11 is 1.66. The van der Waals surface area contributed by atoms with Crippen LogP contribution in [0.25, 0.3) is 10.9 Å². The number of pyridine rings is 1. The van der Waals surface area contributed by atoms with Crippen molar-refractivity contribution in [3.63, 3.8) is 0 Å². The molecule has 0 amide bonds. The fourth-order valence-electron chi connectivity index (χ4n) is 2.61. The number of ether oxygens (including phenoxy) is 2. The van der Waals surface area contributed by atoms with Crippen molar-refractivity contribution in [3.8, 4) is 5.75 Å². The number of rotatable bonds is 5. The third kappa shape index (κ3) is 3.77. The van der Waals surface area contributed by atoms with Crippen molar-refractivity contribution in [1.29, 1.82) is 0 Å². The maximum Gasteiger partial charge on any atom is 0.337 e. The number of hydrogen-bond donors (Lipinski definition) is 0. The molecule has 1 aromatic heterocycles. The standard InChI is InChI=1S/C20H19NO3S/c1-13-11-18(21-19-16(13)5-4-6-17(19)23-2)25-12-14-7-9-15(10-8-14)20(22)24-3/h4-11H,12H2,1-3H3. The van der Waals surface area contributed by atoms with Gasteiger partial charge in [-0.15, -0.1) is 11.8 Å². The zero-order valence-electron chi connectivity index (χ0n) is 14.4. The Labute approximate surface area is 151 Å². The van der Waals surface area contributed by atoms with Crippen molar-refractivity contribution in [2.75, 3.05) is 14.2 Å². The van der Waals surface area contributed by atoms with Crippen LogP contribution in [0.4, 0.5) is 0 Å². The number of aryl methyl sites for hydroxylation is 1. The third-order valence-corrected chi connectivity index (χ3v) is 4.95. The van der Waals surface area contributed by atoms with E-state index in [1.807, 2.05) is 24.3 Å². The topological polar surface area (TPSA) is 48.4 Å². The summed E-state index contributed by atoms with van der Waals surface area (Å²) in [7, 11) is 3.04. The largest absolute Gasteiger partial charge is 0.494 e. The molecular weight excluding hydrogens is 334 g/mol. The first kappa shape index (κ1) is 17.3. The van der Waals surface area contributed by atoms with E-state index in [1.54, 1.807) is 31.0 Å². The molecule has 1 heterocycles. The molecule has 4 nitrogen and oxygen atoms in total. The van der Waals surface area contributed by atoms with E-state index in [1.165, 1.54) is 12.7 Å². The lowest BCUT2D eigenvalue weighted by Crippen LogP contribution is -2.00. The van der Waals surface area contributed by atoms with Crippen molar-refractivity contribution in [3.05, 3.63) is 65.2 Å². The van der Waals surface area contributed by atoms with E-state index >= 15 is 0 Å². The minimum absolute atomic E-state index is 0.321. The molecule has 3 aromatic rings. The molecule has 0 radical (unpaired) electrons. The van der Waals surface area contributed by atoms with Crippen LogP contribution in [-0.4, -0.2) is 25.2 Å². The Morgan fingerprint density at radius 2 is 1.88 bits per heavy atom. The maximum atomic E-state index is 11.5. The van der Waals surface area contributed by atoms with Gasteiger partial charge in [0.15, 0.2) is 0 Å². The van der Waals surface area contributed by atoms with Crippen molar-refractivity contribution in [2.24, 2.45) is 0 Å². The van der Waals surface area contributed by atoms with E-state index in [4.69, 9.17) is 14.5 Å². The lowest BCUT2D eigenvalue weighted by molar-refractivity contribution is 0.0600. The van der Waals surface area contributed by atoms with Gasteiger partial charge in [0.1, 0.15) is 11.3 Å². The maximum absolute atomic E-state index is 11.5. The molecule has 0 unspecified atom stereocenters. The van der Waals surface area contributed by atoms with E-state index in [0.717, 1.165) is 33.0 Å². The van der Waals surface area contributed by atoms with Crippen LogP contribution in [0, 0.1) is 6.92 Å². The highest BCUT2D eigenvalue weighted by atomic mass is 32.2. The zero-order chi connectivity index (χ0) is 17.8. The summed E-state index contributed by atoms with van der Waals surface area (Å²) in [5.74, 6) is 1.23. The van der Waals surface area contributed by atoms with Crippen LogP contribution in [0.15, 0.2) is 53.6 Å². The highest BCUT2D eigenvalue weighted by Gasteiger charge is 2.09. The smallest absolute Gasteiger partial charge is 0.337 e. The van der Waals surface area contributed by atoms with Crippen molar-refractivity contribution >= 4 is 28.6 Å². The van der Waals surface area contributed by atoms with Gasteiger partial charge in [0.05, 0.1) is 24.8 Å². The molecule has 0 bridgehead atoms. The second-order valence-corrected chi connectivity index (χ2v) is 6.61. The van der Waals surface area contributed by atoms with Gasteiger partial charge < -0.3 is 9.47 Å². The molecule has 5 heteroatoms. The Morgan fingerprint density at radius 3 is 2.56 bits per heavy atom. The summed E-state index contributed by atoms with van der Waals surface area (Å²) in [5, 5.41) is 2.05. The van der Waals surface area contributed by atoms with Crippen LogP contribution in [0.3, 0.4) is 0 Å². The quantitative estimate of drug-likeness (QED) is 0.494. The van der Waals surface area contributed by atoms with E-state index < -0.39 is 0 Å². The predicted molar refractivity (Wildman–Crippen MR) is 100 cm³/mol. The Kier molecular flexibility index (Phi) is 5.24. The number of carbonyl (C=O) groups excluding carboxylic acids is 1. The predicted octanol–water partition coefficient (Wildman–Crippen LogP) is 4.63. The van der Waals surface area contributed by atoms with Gasteiger partial charge in [-0.05, 0) is 42.3 Å². The number of esters is 1. The average molecular weight is 353 g/mol. The summed E-state index contributed by atoms with van der Waals surface area (Å²) in [4.78, 5) is 16.2. The molecule has 0 aliphatic carbocycles. The van der Waals surface area contributed by atoms with Gasteiger partial charge in [0.25, 0.3) is 0 Å². The first-order valence-electron chi connectivity index (χ1n) is 7.87. The lowest BCUT2D eigenvalue weighted by atomic mass is 10.1. The molecule has 0 fully saturated rings. The van der Waals surface area contributed by atoms with Crippen LogP contribution in [0.2, 0.25) is 0 Å². The van der Waals surface area contributed by atoms with Crippen LogP contribution < -0.4 is 4.74 Å². The summed E-state index contributed by atoms with van der Waals surface area (Å²) in [5.41, 5.74) is 3.74. The van der Waals surface area contributed by atoms with Crippen LogP contribution in [0.5, 0.6) is 5.75 Å². The molecule has 0 aliphatic rings. The van der Waals surface area contributed by atoms with E-state index in [9.17, 15) is 4.79 Å². The Bertz CT molecular complexity index is 907. The summed E-state index contributed by atoms with van der Waals surface area (Å²) < 4.78 is 10.1. The minimum atomic E-state index is -0.321. The molecule has 0 spiro atoms. The first-order valence-corrected chi connectivity index (χ1v) is 8.85. The second-order valence-electron chi connectivity index (χ2n) is 5.61. The molecule has 0 N–H and O–H groups in total. The van der Waals surface area contributed by atoms with Crippen molar-refractivity contribution in [2.45, 2.75) is 17.7 Å². The molecule has 0 saturated carbocycles. The molecule has 0 aliphatic heterocycles. The number of aromatic nitrogens is 1. The third-order valence-electron chi connectivity index (χ3n) is 3.97. The molecule has 25 heavy (non-hydrogen) atoms. The Morgan fingerprint density at radius 1 is 1.12 bits per heavy atom. The molecule has 2 aromatic carbocycles. The first-order chi connectivity index (χ1) is 12.1. The number of thioether (sulfide) groups is 1. The number of carbonyl (C=O) groups is 1. The molecular formula is C20H19NO3S. The fourth-order valence-corrected chi connectivity index (χ4v) is 3.54. The van der Waals surface area contributed by atoms with Crippen LogP contribution >= 0.6 is 11.8 Å². The van der Waals surface area contributed by atoms with E-state index in [2.05, 4.69) is 19.1 Å². The Balaban J connectivity index is 1.80. The van der Waals surface area contributed by atoms with E-state index in [-0.39, 0.29) is 5.97 Å². The van der Waals surface area contributed by atoms with Crippen LogP contribution in [-0.2, 0) is 10.5 Å². The minimum Gasteiger partial charge on any atom is -0.494 e. The monoisotopic (exact) mass is 353 g/mol. The molecule has 0 atom stereocenters. The van der Waals surface area contributed by atoms with Gasteiger partial charge in [0, 0.05) is 11.1 Å².